The zero-order valence-electron chi connectivity index (χ0n) is 54.0. The molecule has 9 heteroatoms. The molecule has 0 rings (SSSR count). The predicted octanol–water partition coefficient (Wildman–Crippen LogP) is 19.5. The van der Waals surface area contributed by atoms with Gasteiger partial charge in [0, 0.05) is 12.8 Å². The monoisotopic (exact) mass is 1160 g/mol. The van der Waals surface area contributed by atoms with E-state index in [1.54, 1.807) is 0 Å². The number of nitrogens with zero attached hydrogens (tertiary/aromatic N) is 1. The van der Waals surface area contributed by atoms with E-state index < -0.39 is 24.3 Å². The summed E-state index contributed by atoms with van der Waals surface area (Å²) in [7, 11) is 5.92. The molecular weight excluding hydrogens is 1030 g/mol. The fraction of sp³-hybridized carbons (Fsp3) is 0.689. The van der Waals surface area contributed by atoms with E-state index in [1.165, 1.54) is 122 Å². The highest BCUT2D eigenvalue weighted by molar-refractivity contribution is 5.70. The standard InChI is InChI=1S/C74H125NO8/c1-6-8-10-12-14-16-18-20-22-24-26-28-30-31-32-33-34-35-36-37-38-39-40-41-43-45-47-49-51-53-55-57-59-61-63-65-72(77)83-70(69-82-74(73(78)79)80-67-66-75(3,4)5)68-81-71(76)64-62-60-58-56-54-52-50-48-46-44-42-29-27-25-23-21-19-17-15-13-11-9-7-2/h8-11,14-17,20-23,26-29,31-32,34-35,70,74H,6-7,12-13,18-19,24-25,30,33,36-69H2,1-5H3/b10-8-,11-9-,16-14-,17-15-,22-20-,23-21-,28-26-,29-27-,32-31-,35-34-. The normalized spacial score (nSPS) is 13.5. The maximum atomic E-state index is 12.9. The summed E-state index contributed by atoms with van der Waals surface area (Å²) in [6, 6.07) is 0. The number of carboxylic acid groups (broad SMARTS) is 1. The number of carbonyl (C=O) groups is 3. The Kier molecular flexibility index (Phi) is 60.4. The number of likely N-dealkylation sites (N-methyl/N-ethyl adjacent to an activating group) is 1. The van der Waals surface area contributed by atoms with Crippen LogP contribution in [-0.4, -0.2) is 82.3 Å². The Morgan fingerprint density at radius 2 is 0.651 bits per heavy atom. The van der Waals surface area contributed by atoms with Gasteiger partial charge in [0.2, 0.25) is 0 Å². The van der Waals surface area contributed by atoms with Gasteiger partial charge in [-0.25, -0.2) is 0 Å². The number of carboxylic acids is 1. The lowest BCUT2D eigenvalue weighted by molar-refractivity contribution is -0.870. The molecule has 0 saturated heterocycles. The second kappa shape index (κ2) is 63.7. The zero-order valence-corrected chi connectivity index (χ0v) is 54.0. The highest BCUT2D eigenvalue weighted by atomic mass is 16.7. The van der Waals surface area contributed by atoms with Gasteiger partial charge in [-0.2, -0.15) is 0 Å². The molecule has 0 saturated carbocycles. The Hall–Kier alpha value is -4.31. The van der Waals surface area contributed by atoms with Crippen molar-refractivity contribution in [3.8, 4) is 0 Å². The highest BCUT2D eigenvalue weighted by Crippen LogP contribution is 2.17. The average molecular weight is 1160 g/mol. The smallest absolute Gasteiger partial charge is 0.306 e. The number of unbranched alkanes of at least 4 members (excludes halogenated alkanes) is 26. The molecule has 0 amide bonds. The van der Waals surface area contributed by atoms with Crippen molar-refractivity contribution >= 4 is 17.9 Å². The molecule has 0 aliphatic rings. The number of allylic oxidation sites excluding steroid dienone is 20. The van der Waals surface area contributed by atoms with Crippen molar-refractivity contribution in [3.05, 3.63) is 122 Å². The summed E-state index contributed by atoms with van der Waals surface area (Å²) in [4.78, 5) is 37.5. The third kappa shape index (κ3) is 65.1. The third-order valence-electron chi connectivity index (χ3n) is 14.2. The third-order valence-corrected chi connectivity index (χ3v) is 14.2. The van der Waals surface area contributed by atoms with E-state index in [9.17, 15) is 19.5 Å². The number of rotatable bonds is 61. The quantitative estimate of drug-likeness (QED) is 0.0195. The molecule has 0 heterocycles. The van der Waals surface area contributed by atoms with Crippen LogP contribution < -0.4 is 5.11 Å². The van der Waals surface area contributed by atoms with Crippen LogP contribution in [0.3, 0.4) is 0 Å². The Morgan fingerprint density at radius 3 is 0.964 bits per heavy atom. The molecule has 83 heavy (non-hydrogen) atoms. The average Bonchev–Trinajstić information content (AvgIpc) is 3.46. The van der Waals surface area contributed by atoms with Crippen molar-refractivity contribution in [1.29, 1.82) is 0 Å². The van der Waals surface area contributed by atoms with Crippen molar-refractivity contribution in [3.63, 3.8) is 0 Å². The van der Waals surface area contributed by atoms with Crippen LogP contribution in [0.5, 0.6) is 0 Å². The number of carbonyl (C=O) groups excluding carboxylic acids is 3. The van der Waals surface area contributed by atoms with Gasteiger partial charge in [0.1, 0.15) is 13.2 Å². The topological polar surface area (TPSA) is 111 Å². The Bertz CT molecular complexity index is 1780. The van der Waals surface area contributed by atoms with Crippen LogP contribution in [0.1, 0.15) is 271 Å². The van der Waals surface area contributed by atoms with E-state index in [2.05, 4.69) is 135 Å². The number of esters is 2. The van der Waals surface area contributed by atoms with E-state index in [1.807, 2.05) is 21.1 Å². The second-order valence-corrected chi connectivity index (χ2v) is 23.3. The van der Waals surface area contributed by atoms with E-state index in [4.69, 9.17) is 18.9 Å². The van der Waals surface area contributed by atoms with Crippen LogP contribution in [0.4, 0.5) is 0 Å². The maximum Gasteiger partial charge on any atom is 0.306 e. The maximum absolute atomic E-state index is 12.9. The molecule has 0 bridgehead atoms. The first-order valence-electron chi connectivity index (χ1n) is 33.7. The summed E-state index contributed by atoms with van der Waals surface area (Å²) in [6.07, 6.45) is 87.0. The largest absolute Gasteiger partial charge is 0.545 e. The van der Waals surface area contributed by atoms with Gasteiger partial charge >= 0.3 is 11.9 Å². The summed E-state index contributed by atoms with van der Waals surface area (Å²) in [5.41, 5.74) is 0. The molecule has 474 valence electrons. The molecule has 0 N–H and O–H groups in total. The fourth-order valence-corrected chi connectivity index (χ4v) is 9.12. The van der Waals surface area contributed by atoms with Gasteiger partial charge in [0.05, 0.1) is 40.3 Å². The minimum absolute atomic E-state index is 0.143. The van der Waals surface area contributed by atoms with Gasteiger partial charge in [-0.1, -0.05) is 277 Å². The first-order chi connectivity index (χ1) is 40.6. The van der Waals surface area contributed by atoms with Crippen LogP contribution in [0.25, 0.3) is 0 Å². The number of quaternary nitrogens is 1. The molecule has 0 aromatic carbocycles. The van der Waals surface area contributed by atoms with Gasteiger partial charge in [-0.05, 0) is 103 Å². The lowest BCUT2D eigenvalue weighted by atomic mass is 10.0. The lowest BCUT2D eigenvalue weighted by Crippen LogP contribution is -2.44. The summed E-state index contributed by atoms with van der Waals surface area (Å²) in [5, 5.41) is 11.8. The van der Waals surface area contributed by atoms with Gasteiger partial charge in [0.15, 0.2) is 12.4 Å². The molecule has 0 spiro atoms. The summed E-state index contributed by atoms with van der Waals surface area (Å²) in [6.45, 7) is 4.53. The van der Waals surface area contributed by atoms with Gasteiger partial charge in [0.25, 0.3) is 0 Å². The molecule has 2 atom stereocenters. The first-order valence-corrected chi connectivity index (χ1v) is 33.7. The summed E-state index contributed by atoms with van der Waals surface area (Å²) < 4.78 is 22.8. The van der Waals surface area contributed by atoms with Crippen LogP contribution in [0.15, 0.2) is 122 Å². The van der Waals surface area contributed by atoms with Crippen molar-refractivity contribution in [2.45, 2.75) is 283 Å². The number of hydrogen-bond donors (Lipinski definition) is 0. The Morgan fingerprint density at radius 1 is 0.361 bits per heavy atom. The molecular formula is C74H125NO8. The molecule has 0 aliphatic heterocycles. The number of hydrogen-bond acceptors (Lipinski definition) is 8. The van der Waals surface area contributed by atoms with E-state index in [0.29, 0.717) is 17.4 Å². The van der Waals surface area contributed by atoms with Crippen molar-refractivity contribution in [2.75, 3.05) is 47.5 Å². The molecule has 0 aliphatic carbocycles. The van der Waals surface area contributed by atoms with Gasteiger partial charge in [-0.15, -0.1) is 0 Å². The van der Waals surface area contributed by atoms with E-state index in [-0.39, 0.29) is 38.6 Å². The van der Waals surface area contributed by atoms with Crippen LogP contribution in [-0.2, 0) is 33.3 Å². The molecule has 0 fully saturated rings. The molecule has 0 radical (unpaired) electrons. The Balaban J connectivity index is 4.13. The zero-order chi connectivity index (χ0) is 60.5. The second-order valence-electron chi connectivity index (χ2n) is 23.3. The molecule has 0 aromatic rings. The van der Waals surface area contributed by atoms with Crippen LogP contribution in [0, 0.1) is 0 Å². The van der Waals surface area contributed by atoms with Gasteiger partial charge in [-0.3, -0.25) is 9.59 Å². The highest BCUT2D eigenvalue weighted by Gasteiger charge is 2.22. The SMILES string of the molecule is CC/C=C\C/C=C\C/C=C\C/C=C\C/C=C\C/C=C\CCCCCCCCCCCCCCCCCCC(=O)OC(COC(=O)CCCCCCCCCCCC/C=C\C/C=C\C/C=C\C/C=C\CC)COC(OCC[N+](C)(C)C)C(=O)[O-]. The van der Waals surface area contributed by atoms with E-state index in [0.717, 1.165) is 116 Å². The fourth-order valence-electron chi connectivity index (χ4n) is 9.12. The van der Waals surface area contributed by atoms with Gasteiger partial charge < -0.3 is 33.3 Å². The van der Waals surface area contributed by atoms with Crippen molar-refractivity contribution in [2.24, 2.45) is 0 Å². The number of ether oxygens (including phenoxy) is 4. The van der Waals surface area contributed by atoms with E-state index >= 15 is 0 Å². The molecule has 2 unspecified atom stereocenters. The van der Waals surface area contributed by atoms with Crippen LogP contribution >= 0.6 is 0 Å². The first kappa shape index (κ1) is 78.7. The summed E-state index contributed by atoms with van der Waals surface area (Å²) >= 11 is 0. The molecule has 9 nitrogen and oxygen atoms in total. The predicted molar refractivity (Wildman–Crippen MR) is 352 cm³/mol. The van der Waals surface area contributed by atoms with Crippen molar-refractivity contribution < 1.29 is 42.9 Å². The van der Waals surface area contributed by atoms with Crippen LogP contribution in [0.2, 0.25) is 0 Å². The summed E-state index contributed by atoms with van der Waals surface area (Å²) in [5.74, 6) is -2.29. The minimum Gasteiger partial charge on any atom is -0.545 e. The lowest BCUT2D eigenvalue weighted by Gasteiger charge is -2.26. The Labute approximate surface area is 510 Å². The molecule has 0 aromatic heterocycles. The number of aliphatic carboxylic acids is 1. The minimum atomic E-state index is -1.63. The van der Waals surface area contributed by atoms with Crippen molar-refractivity contribution in [1.82, 2.24) is 0 Å².